The van der Waals surface area contributed by atoms with Gasteiger partial charge in [0.15, 0.2) is 5.76 Å². The zero-order valence-corrected chi connectivity index (χ0v) is 19.1. The summed E-state index contributed by atoms with van der Waals surface area (Å²) in [4.78, 5) is 25.2. The van der Waals surface area contributed by atoms with Gasteiger partial charge in [0.2, 0.25) is 23.6 Å². The van der Waals surface area contributed by atoms with Crippen LogP contribution in [0, 0.1) is 0 Å². The lowest BCUT2D eigenvalue weighted by Gasteiger charge is -2.23. The van der Waals surface area contributed by atoms with E-state index in [1.165, 1.54) is 4.52 Å². The topological polar surface area (TPSA) is 158 Å². The van der Waals surface area contributed by atoms with Crippen LogP contribution in [0.15, 0.2) is 47.1 Å². The van der Waals surface area contributed by atoms with Gasteiger partial charge in [0.25, 0.3) is 5.78 Å². The molecular formula is C23H27N9O3. The summed E-state index contributed by atoms with van der Waals surface area (Å²) in [5.41, 5.74) is 7.90. The van der Waals surface area contributed by atoms with Crippen LogP contribution in [0.2, 0.25) is 0 Å². The molecular weight excluding hydrogens is 450 g/mol. The Bertz CT molecular complexity index is 1270. The number of benzene rings is 1. The molecule has 1 amide bonds. The van der Waals surface area contributed by atoms with Gasteiger partial charge < -0.3 is 30.8 Å². The van der Waals surface area contributed by atoms with Crippen molar-refractivity contribution < 1.29 is 13.9 Å². The third kappa shape index (κ3) is 5.73. The van der Waals surface area contributed by atoms with Crippen LogP contribution in [0.25, 0.3) is 17.4 Å². The monoisotopic (exact) mass is 477 g/mol. The van der Waals surface area contributed by atoms with Gasteiger partial charge in [-0.1, -0.05) is 12.1 Å². The largest absolute Gasteiger partial charge is 0.461 e. The number of nitrogens with one attached hydrogen (secondary N) is 3. The number of morpholine rings is 1. The standard InChI is InChI=1S/C23H27N9O3/c24-21-29-22(30-23-28-20(31-32(21)23)18-2-1-12-35-18)26-10-9-15-3-5-16(6-4-15)27-19(33)8-7-17-14-25-11-13-34-17/h1-6,12,17,25H,7-11,13-14H2,(H,27,33)(H3,24,26,28,29,30,31). The minimum absolute atomic E-state index is 0.0117. The molecule has 4 heterocycles. The summed E-state index contributed by atoms with van der Waals surface area (Å²) in [6.45, 7) is 2.96. The molecule has 0 bridgehead atoms. The van der Waals surface area contributed by atoms with Crippen LogP contribution < -0.4 is 21.7 Å². The number of hydrogen-bond donors (Lipinski definition) is 4. The minimum atomic E-state index is -0.0117. The van der Waals surface area contributed by atoms with Crippen LogP contribution in [0.1, 0.15) is 18.4 Å². The molecule has 182 valence electrons. The first-order chi connectivity index (χ1) is 17.1. The van der Waals surface area contributed by atoms with E-state index in [9.17, 15) is 4.79 Å². The zero-order valence-electron chi connectivity index (χ0n) is 19.1. The van der Waals surface area contributed by atoms with Gasteiger partial charge in [-0.2, -0.15) is 19.5 Å². The molecule has 1 atom stereocenters. The number of nitrogens with two attached hydrogens (primary N) is 1. The number of fused-ring (bicyclic) bond motifs is 1. The minimum Gasteiger partial charge on any atom is -0.461 e. The van der Waals surface area contributed by atoms with Gasteiger partial charge in [-0.05, 0) is 42.7 Å². The van der Waals surface area contributed by atoms with Crippen molar-refractivity contribution in [2.45, 2.75) is 25.4 Å². The summed E-state index contributed by atoms with van der Waals surface area (Å²) >= 11 is 0. The molecule has 1 unspecified atom stereocenters. The molecule has 1 fully saturated rings. The number of rotatable bonds is 9. The fourth-order valence-electron chi connectivity index (χ4n) is 3.79. The number of aromatic nitrogens is 5. The number of furan rings is 1. The van der Waals surface area contributed by atoms with E-state index >= 15 is 0 Å². The van der Waals surface area contributed by atoms with Gasteiger partial charge in [0.1, 0.15) is 0 Å². The Kier molecular flexibility index (Phi) is 6.82. The highest BCUT2D eigenvalue weighted by molar-refractivity contribution is 5.90. The third-order valence-electron chi connectivity index (χ3n) is 5.61. The fraction of sp³-hybridized carbons (Fsp3) is 0.348. The first-order valence-corrected chi connectivity index (χ1v) is 11.5. The molecule has 1 aliphatic rings. The lowest BCUT2D eigenvalue weighted by molar-refractivity contribution is -0.117. The molecule has 5 rings (SSSR count). The van der Waals surface area contributed by atoms with E-state index < -0.39 is 0 Å². The highest BCUT2D eigenvalue weighted by Crippen LogP contribution is 2.18. The van der Waals surface area contributed by atoms with Crippen LogP contribution in [-0.4, -0.2) is 62.8 Å². The Morgan fingerprint density at radius 2 is 2.09 bits per heavy atom. The third-order valence-corrected chi connectivity index (χ3v) is 5.61. The maximum atomic E-state index is 12.2. The number of nitrogen functional groups attached to an aromatic ring is 1. The van der Waals surface area contributed by atoms with Crippen LogP contribution in [0.3, 0.4) is 0 Å². The van der Waals surface area contributed by atoms with Gasteiger partial charge in [0.05, 0.1) is 19.0 Å². The molecule has 12 nitrogen and oxygen atoms in total. The normalized spacial score (nSPS) is 15.8. The van der Waals surface area contributed by atoms with Crippen molar-refractivity contribution >= 4 is 29.3 Å². The number of nitrogens with zero attached hydrogens (tertiary/aromatic N) is 5. The van der Waals surface area contributed by atoms with E-state index in [2.05, 4.69) is 36.0 Å². The Morgan fingerprint density at radius 3 is 2.86 bits per heavy atom. The molecule has 0 radical (unpaired) electrons. The van der Waals surface area contributed by atoms with Crippen LogP contribution in [0.5, 0.6) is 0 Å². The average molecular weight is 478 g/mol. The van der Waals surface area contributed by atoms with Gasteiger partial charge in [0, 0.05) is 31.7 Å². The van der Waals surface area contributed by atoms with Crippen molar-refractivity contribution in [2.24, 2.45) is 0 Å². The first kappa shape index (κ1) is 22.7. The van der Waals surface area contributed by atoms with E-state index in [1.807, 2.05) is 24.3 Å². The second-order valence-electron chi connectivity index (χ2n) is 8.19. The summed E-state index contributed by atoms with van der Waals surface area (Å²) in [5.74, 6) is 1.78. The Labute approximate surface area is 201 Å². The van der Waals surface area contributed by atoms with Crippen molar-refractivity contribution in [3.05, 3.63) is 48.2 Å². The summed E-state index contributed by atoms with van der Waals surface area (Å²) in [6.07, 6.45) is 3.53. The SMILES string of the molecule is Nc1nc(NCCc2ccc(NC(=O)CCC3CNCCO3)cc2)nc2nc(-c3ccco3)nn12. The summed E-state index contributed by atoms with van der Waals surface area (Å²) in [5, 5.41) is 13.7. The van der Waals surface area contributed by atoms with E-state index in [1.54, 1.807) is 18.4 Å². The average Bonchev–Trinajstić information content (AvgIpc) is 3.55. The molecule has 4 aromatic rings. The predicted molar refractivity (Wildman–Crippen MR) is 130 cm³/mol. The summed E-state index contributed by atoms with van der Waals surface area (Å²) in [6, 6.07) is 11.3. The molecule has 12 heteroatoms. The smallest absolute Gasteiger partial charge is 0.259 e. The number of carbonyl (C=O) groups excluding carboxylic acids is 1. The van der Waals surface area contributed by atoms with Gasteiger partial charge in [-0.15, -0.1) is 5.10 Å². The van der Waals surface area contributed by atoms with Gasteiger partial charge >= 0.3 is 0 Å². The van der Waals surface area contributed by atoms with E-state index in [-0.39, 0.29) is 18.0 Å². The molecule has 1 aromatic carbocycles. The van der Waals surface area contributed by atoms with Crippen molar-refractivity contribution in [1.82, 2.24) is 29.9 Å². The van der Waals surface area contributed by atoms with Crippen LogP contribution in [0.4, 0.5) is 17.6 Å². The van der Waals surface area contributed by atoms with Crippen LogP contribution in [-0.2, 0) is 16.0 Å². The number of amides is 1. The second kappa shape index (κ2) is 10.5. The Hall–Kier alpha value is -4.03. The highest BCUT2D eigenvalue weighted by atomic mass is 16.5. The number of hydrogen-bond acceptors (Lipinski definition) is 10. The summed E-state index contributed by atoms with van der Waals surface area (Å²) < 4.78 is 12.3. The highest BCUT2D eigenvalue weighted by Gasteiger charge is 2.15. The molecule has 3 aromatic heterocycles. The van der Waals surface area contributed by atoms with Gasteiger partial charge in [-0.25, -0.2) is 0 Å². The molecule has 1 aliphatic heterocycles. The molecule has 0 saturated carbocycles. The number of ether oxygens (including phenoxy) is 1. The molecule has 0 aliphatic carbocycles. The van der Waals surface area contributed by atoms with Crippen molar-refractivity contribution in [3.8, 4) is 11.6 Å². The van der Waals surface area contributed by atoms with E-state index in [0.29, 0.717) is 49.3 Å². The zero-order chi connectivity index (χ0) is 24.0. The number of anilines is 3. The lowest BCUT2D eigenvalue weighted by Crippen LogP contribution is -2.38. The predicted octanol–water partition coefficient (Wildman–Crippen LogP) is 1.72. The van der Waals surface area contributed by atoms with Crippen molar-refractivity contribution in [3.63, 3.8) is 0 Å². The van der Waals surface area contributed by atoms with Crippen LogP contribution >= 0.6 is 0 Å². The van der Waals surface area contributed by atoms with Crippen molar-refractivity contribution in [2.75, 3.05) is 42.6 Å². The van der Waals surface area contributed by atoms with Crippen molar-refractivity contribution in [1.29, 1.82) is 0 Å². The number of carbonyl (C=O) groups is 1. The Balaban J connectivity index is 1.11. The first-order valence-electron chi connectivity index (χ1n) is 11.5. The summed E-state index contributed by atoms with van der Waals surface area (Å²) in [7, 11) is 0. The van der Waals surface area contributed by atoms with E-state index in [4.69, 9.17) is 14.9 Å². The molecule has 0 spiro atoms. The lowest BCUT2D eigenvalue weighted by atomic mass is 10.1. The Morgan fingerprint density at radius 1 is 1.20 bits per heavy atom. The second-order valence-corrected chi connectivity index (χ2v) is 8.19. The molecule has 35 heavy (non-hydrogen) atoms. The molecule has 1 saturated heterocycles. The molecule has 5 N–H and O–H groups in total. The maximum Gasteiger partial charge on any atom is 0.259 e. The van der Waals surface area contributed by atoms with Gasteiger partial charge in [-0.3, -0.25) is 4.79 Å². The maximum absolute atomic E-state index is 12.2. The quantitative estimate of drug-likeness (QED) is 0.280. The van der Waals surface area contributed by atoms with E-state index in [0.717, 1.165) is 30.8 Å². The fourth-order valence-corrected chi connectivity index (χ4v) is 3.79.